The second-order valence-electron chi connectivity index (χ2n) is 10.2. The van der Waals surface area contributed by atoms with E-state index in [0.29, 0.717) is 49.9 Å². The van der Waals surface area contributed by atoms with Crippen molar-refractivity contribution in [3.05, 3.63) is 65.2 Å². The molecule has 1 aromatic heterocycles. The Balaban J connectivity index is 1.43. The number of rotatable bonds is 13. The number of thiazole rings is 1. The summed E-state index contributed by atoms with van der Waals surface area (Å²) < 4.78 is 29.0. The van der Waals surface area contributed by atoms with Gasteiger partial charge in [0.15, 0.2) is 5.01 Å². The number of hydrogen-bond donors (Lipinski definition) is 5. The standard InChI is InChI=1S/C28H35N7O5S2/c29-28(30)31-15-8-13-21(25(37)26-33-20-11-4-5-14-23(20)41-26)32-24(36)17-35-16-7-6-12-22(27(35)38)34-42(39,40)18-19-9-2-1-3-10-19/h1-5,9-11,14,21-22,34H,6-8,12-13,15-18H2,(H,32,36)(H4,29,30,31)/p+1. The Morgan fingerprint density at radius 3 is 2.57 bits per heavy atom. The lowest BCUT2D eigenvalue weighted by Gasteiger charge is -2.25. The lowest BCUT2D eigenvalue weighted by molar-refractivity contribution is -0.459. The molecule has 2 unspecified atom stereocenters. The number of para-hydroxylation sites is 1. The van der Waals surface area contributed by atoms with E-state index in [4.69, 9.17) is 11.5 Å². The molecular weight excluding hydrogens is 578 g/mol. The minimum absolute atomic E-state index is 0.0571. The lowest BCUT2D eigenvalue weighted by Crippen LogP contribution is -2.78. The van der Waals surface area contributed by atoms with E-state index in [-0.39, 0.29) is 35.5 Å². The molecule has 4 rings (SSSR count). The number of fused-ring (bicyclic) bond motifs is 1. The van der Waals surface area contributed by atoms with Crippen LogP contribution in [0.3, 0.4) is 0 Å². The summed E-state index contributed by atoms with van der Waals surface area (Å²) in [6.45, 7) is 0.396. The quantitative estimate of drug-likeness (QED) is 0.0743. The first kappa shape index (κ1) is 31.1. The van der Waals surface area contributed by atoms with Crippen molar-refractivity contribution in [2.45, 2.75) is 49.9 Å². The van der Waals surface area contributed by atoms with E-state index in [2.05, 4.69) is 20.0 Å². The van der Waals surface area contributed by atoms with Gasteiger partial charge in [-0.1, -0.05) is 42.5 Å². The van der Waals surface area contributed by atoms with Gasteiger partial charge in [-0.15, -0.1) is 11.3 Å². The lowest BCUT2D eigenvalue weighted by atomic mass is 10.1. The van der Waals surface area contributed by atoms with E-state index in [9.17, 15) is 22.8 Å². The smallest absolute Gasteiger partial charge is 0.338 e. The van der Waals surface area contributed by atoms with Gasteiger partial charge in [0.1, 0.15) is 6.04 Å². The van der Waals surface area contributed by atoms with Gasteiger partial charge in [-0.2, -0.15) is 0 Å². The Morgan fingerprint density at radius 1 is 1.10 bits per heavy atom. The van der Waals surface area contributed by atoms with Crippen LogP contribution in [0.15, 0.2) is 54.6 Å². The second-order valence-corrected chi connectivity index (χ2v) is 13.0. The third kappa shape index (κ3) is 8.81. The molecule has 12 nitrogen and oxygen atoms in total. The monoisotopic (exact) mass is 614 g/mol. The largest absolute Gasteiger partial charge is 0.344 e. The zero-order valence-electron chi connectivity index (χ0n) is 23.1. The summed E-state index contributed by atoms with van der Waals surface area (Å²) in [4.78, 5) is 48.6. The minimum atomic E-state index is -3.80. The van der Waals surface area contributed by atoms with Crippen LogP contribution in [-0.2, 0) is 25.4 Å². The Labute approximate surface area is 248 Å². The molecule has 1 aliphatic heterocycles. The molecule has 1 saturated heterocycles. The average Bonchev–Trinajstić information content (AvgIpc) is 3.32. The first-order valence-corrected chi connectivity index (χ1v) is 16.2. The Kier molecular flexibility index (Phi) is 10.6. The van der Waals surface area contributed by atoms with E-state index in [1.807, 2.05) is 24.3 Å². The van der Waals surface area contributed by atoms with Crippen LogP contribution in [0.4, 0.5) is 0 Å². The van der Waals surface area contributed by atoms with Crippen LogP contribution < -0.4 is 26.5 Å². The number of Topliss-reactive ketones (excluding diaryl/α,β-unsaturated/α-hetero) is 1. The number of aromatic nitrogens is 1. The van der Waals surface area contributed by atoms with Crippen molar-refractivity contribution >= 4 is 55.1 Å². The first-order valence-electron chi connectivity index (χ1n) is 13.7. The molecule has 42 heavy (non-hydrogen) atoms. The second kappa shape index (κ2) is 14.3. The normalized spacial score (nSPS) is 16.5. The van der Waals surface area contributed by atoms with Gasteiger partial charge in [0, 0.05) is 6.54 Å². The van der Waals surface area contributed by atoms with E-state index >= 15 is 0 Å². The summed E-state index contributed by atoms with van der Waals surface area (Å²) in [6.07, 6.45) is 2.34. The molecule has 1 aliphatic rings. The van der Waals surface area contributed by atoms with Crippen molar-refractivity contribution in [2.24, 2.45) is 11.5 Å². The zero-order valence-corrected chi connectivity index (χ0v) is 24.8. The highest BCUT2D eigenvalue weighted by atomic mass is 32.2. The molecule has 224 valence electrons. The zero-order chi connectivity index (χ0) is 30.1. The van der Waals surface area contributed by atoms with Crippen molar-refractivity contribution in [2.75, 3.05) is 19.6 Å². The predicted octanol–water partition coefficient (Wildman–Crippen LogP) is -0.401. The highest BCUT2D eigenvalue weighted by molar-refractivity contribution is 7.88. The summed E-state index contributed by atoms with van der Waals surface area (Å²) in [6, 6.07) is 14.2. The molecule has 2 atom stereocenters. The van der Waals surface area contributed by atoms with Crippen molar-refractivity contribution in [1.29, 1.82) is 0 Å². The Hall–Kier alpha value is -3.88. The van der Waals surface area contributed by atoms with Gasteiger partial charge in [0.05, 0.1) is 35.1 Å². The number of nitrogens with one attached hydrogen (secondary N) is 3. The molecule has 1 fully saturated rings. The number of nitrogens with two attached hydrogens (primary N) is 2. The number of sulfonamides is 1. The van der Waals surface area contributed by atoms with Crippen LogP contribution in [0.25, 0.3) is 10.2 Å². The molecule has 2 amide bonds. The highest BCUT2D eigenvalue weighted by Gasteiger charge is 2.32. The van der Waals surface area contributed by atoms with Crippen molar-refractivity contribution in [3.8, 4) is 0 Å². The summed E-state index contributed by atoms with van der Waals surface area (Å²) in [7, 11) is -3.80. The summed E-state index contributed by atoms with van der Waals surface area (Å²) in [5.41, 5.74) is 12.2. The number of benzene rings is 2. The van der Waals surface area contributed by atoms with Crippen LogP contribution in [0.2, 0.25) is 0 Å². The van der Waals surface area contributed by atoms with E-state index in [1.165, 1.54) is 16.2 Å². The Morgan fingerprint density at radius 2 is 1.83 bits per heavy atom. The molecule has 14 heteroatoms. The van der Waals surface area contributed by atoms with Gasteiger partial charge in [0.2, 0.25) is 27.6 Å². The number of amides is 2. The van der Waals surface area contributed by atoms with Crippen molar-refractivity contribution in [1.82, 2.24) is 19.9 Å². The van der Waals surface area contributed by atoms with Crippen LogP contribution in [-0.4, -0.2) is 73.6 Å². The van der Waals surface area contributed by atoms with Crippen LogP contribution in [0, 0.1) is 0 Å². The van der Waals surface area contributed by atoms with Crippen molar-refractivity contribution < 1.29 is 27.8 Å². The van der Waals surface area contributed by atoms with Gasteiger partial charge in [0.25, 0.3) is 0 Å². The maximum Gasteiger partial charge on any atom is 0.338 e. The van der Waals surface area contributed by atoms with Crippen LogP contribution in [0.5, 0.6) is 0 Å². The maximum absolute atomic E-state index is 13.4. The van der Waals surface area contributed by atoms with Crippen molar-refractivity contribution in [3.63, 3.8) is 0 Å². The molecule has 3 aromatic rings. The molecule has 0 spiro atoms. The number of hydrogen-bond acceptors (Lipinski definition) is 7. The summed E-state index contributed by atoms with van der Waals surface area (Å²) in [5.74, 6) is -1.51. The molecule has 0 aliphatic carbocycles. The summed E-state index contributed by atoms with van der Waals surface area (Å²) >= 11 is 1.25. The number of guanidine groups is 1. The highest BCUT2D eigenvalue weighted by Crippen LogP contribution is 2.23. The Bertz CT molecular complexity index is 1510. The molecule has 2 aromatic carbocycles. The molecule has 0 radical (unpaired) electrons. The van der Waals surface area contributed by atoms with Gasteiger partial charge < -0.3 is 10.2 Å². The molecule has 2 heterocycles. The number of carbonyl (C=O) groups excluding carboxylic acids is 3. The van der Waals surface area contributed by atoms with Gasteiger partial charge in [-0.05, 0) is 49.8 Å². The third-order valence-corrected chi connectivity index (χ3v) is 9.20. The number of likely N-dealkylation sites (tertiary alicyclic amines) is 1. The SMILES string of the molecule is NC(N)=[NH+]CCCC(NC(=O)CN1CCCCC(NS(=O)(=O)Cc2ccccc2)C1=O)C(=O)c1nc2ccccc2s1. The fourth-order valence-corrected chi connectivity index (χ4v) is 7.10. The minimum Gasteiger partial charge on any atom is -0.344 e. The van der Waals surface area contributed by atoms with Crippen LogP contribution >= 0.6 is 11.3 Å². The molecule has 7 N–H and O–H groups in total. The van der Waals surface area contributed by atoms with Gasteiger partial charge in [-0.3, -0.25) is 30.8 Å². The third-order valence-electron chi connectivity index (χ3n) is 6.79. The van der Waals surface area contributed by atoms with Crippen LogP contribution in [0.1, 0.15) is 47.5 Å². The van der Waals surface area contributed by atoms with Gasteiger partial charge >= 0.3 is 5.96 Å². The predicted molar refractivity (Wildman–Crippen MR) is 161 cm³/mol. The molecular formula is C28H36N7O5S2+. The summed E-state index contributed by atoms with van der Waals surface area (Å²) in [5, 5.41) is 3.06. The first-order chi connectivity index (χ1) is 20.1. The van der Waals surface area contributed by atoms with E-state index in [0.717, 1.165) is 4.70 Å². The fraction of sp³-hybridized carbons (Fsp3) is 0.393. The maximum atomic E-state index is 13.4. The molecule has 0 bridgehead atoms. The number of nitrogens with zero attached hydrogens (tertiary/aromatic N) is 2. The molecule has 0 saturated carbocycles. The number of carbonyl (C=O) groups is 3. The van der Waals surface area contributed by atoms with Gasteiger partial charge in [-0.25, -0.2) is 18.1 Å². The topological polar surface area (TPSA) is 192 Å². The van der Waals surface area contributed by atoms with E-state index in [1.54, 1.807) is 30.3 Å². The average molecular weight is 615 g/mol. The fourth-order valence-electron chi connectivity index (χ4n) is 4.77. The number of ketones is 1. The van der Waals surface area contributed by atoms with E-state index < -0.39 is 33.9 Å².